The van der Waals surface area contributed by atoms with E-state index in [-0.39, 0.29) is 5.41 Å². The van der Waals surface area contributed by atoms with E-state index in [1.807, 2.05) is 12.1 Å². The Hall–Kier alpha value is -0.490. The largest absolute Gasteiger partial charge is 0.0843 e. The van der Waals surface area contributed by atoms with Crippen molar-refractivity contribution in [1.82, 2.24) is 0 Å². The Morgan fingerprint density at radius 3 is 2.07 bits per heavy atom. The summed E-state index contributed by atoms with van der Waals surface area (Å²) in [5.41, 5.74) is 1.62. The first-order valence-electron chi connectivity index (χ1n) is 5.18. The second-order valence-corrected chi connectivity index (χ2v) is 5.43. The molecule has 0 aliphatic rings. The van der Waals surface area contributed by atoms with Crippen LogP contribution in [-0.4, -0.2) is 0 Å². The molecule has 14 heavy (non-hydrogen) atoms. The molecule has 0 radical (unpaired) electrons. The second-order valence-electron chi connectivity index (χ2n) is 4.99. The third kappa shape index (κ3) is 3.02. The molecule has 0 spiro atoms. The second kappa shape index (κ2) is 4.35. The van der Waals surface area contributed by atoms with Crippen molar-refractivity contribution in [3.05, 3.63) is 34.9 Å². The van der Waals surface area contributed by atoms with Gasteiger partial charge in [0.15, 0.2) is 0 Å². The molecule has 0 aliphatic heterocycles. The van der Waals surface area contributed by atoms with E-state index in [1.54, 1.807) is 0 Å². The first-order valence-corrected chi connectivity index (χ1v) is 5.55. The topological polar surface area (TPSA) is 0 Å². The van der Waals surface area contributed by atoms with E-state index in [9.17, 15) is 0 Å². The highest BCUT2D eigenvalue weighted by atomic mass is 35.5. The van der Waals surface area contributed by atoms with Gasteiger partial charge in [0, 0.05) is 5.02 Å². The third-order valence-corrected chi connectivity index (χ3v) is 2.80. The van der Waals surface area contributed by atoms with Crippen LogP contribution in [0.3, 0.4) is 0 Å². The fourth-order valence-electron chi connectivity index (χ4n) is 2.04. The zero-order valence-electron chi connectivity index (χ0n) is 9.47. The van der Waals surface area contributed by atoms with Gasteiger partial charge in [-0.3, -0.25) is 0 Å². The van der Waals surface area contributed by atoms with E-state index in [4.69, 9.17) is 11.6 Å². The van der Waals surface area contributed by atoms with E-state index < -0.39 is 0 Å². The van der Waals surface area contributed by atoms with Gasteiger partial charge >= 0.3 is 0 Å². The normalized spacial score (nSPS) is 12.1. The summed E-state index contributed by atoms with van der Waals surface area (Å²) in [4.78, 5) is 0. The van der Waals surface area contributed by atoms with Gasteiger partial charge < -0.3 is 0 Å². The molecule has 0 N–H and O–H groups in total. The average molecular weight is 211 g/mol. The summed E-state index contributed by atoms with van der Waals surface area (Å²) in [5, 5.41) is 0.814. The van der Waals surface area contributed by atoms with Gasteiger partial charge in [0.2, 0.25) is 0 Å². The van der Waals surface area contributed by atoms with Crippen LogP contribution in [-0.2, 0) is 5.41 Å². The van der Waals surface area contributed by atoms with Gasteiger partial charge in [-0.1, -0.05) is 51.4 Å². The van der Waals surface area contributed by atoms with Crippen molar-refractivity contribution in [1.29, 1.82) is 0 Å². The zero-order valence-corrected chi connectivity index (χ0v) is 10.2. The van der Waals surface area contributed by atoms with E-state index in [0.717, 1.165) is 10.9 Å². The Labute approximate surface area is 92.3 Å². The molecule has 0 bridgehead atoms. The molecule has 0 nitrogen and oxygen atoms in total. The zero-order chi connectivity index (χ0) is 10.8. The van der Waals surface area contributed by atoms with Crippen LogP contribution < -0.4 is 0 Å². The van der Waals surface area contributed by atoms with Crippen molar-refractivity contribution in [2.75, 3.05) is 0 Å². The lowest BCUT2D eigenvalue weighted by Crippen LogP contribution is -2.19. The highest BCUT2D eigenvalue weighted by Crippen LogP contribution is 2.30. The van der Waals surface area contributed by atoms with Crippen molar-refractivity contribution >= 4 is 11.6 Å². The molecule has 0 aromatic heterocycles. The van der Waals surface area contributed by atoms with Crippen molar-refractivity contribution in [2.24, 2.45) is 5.92 Å². The maximum atomic E-state index is 5.87. The van der Waals surface area contributed by atoms with Crippen LogP contribution in [0, 0.1) is 5.92 Å². The van der Waals surface area contributed by atoms with Crippen molar-refractivity contribution < 1.29 is 0 Å². The Morgan fingerprint density at radius 1 is 1.14 bits per heavy atom. The molecular formula is C13H19Cl. The summed E-state index contributed by atoms with van der Waals surface area (Å²) in [6, 6.07) is 8.20. The Balaban J connectivity index is 2.86. The maximum Gasteiger partial charge on any atom is 0.0406 e. The molecular weight excluding hydrogens is 192 g/mol. The monoisotopic (exact) mass is 210 g/mol. The molecule has 78 valence electrons. The highest BCUT2D eigenvalue weighted by molar-refractivity contribution is 6.30. The van der Waals surface area contributed by atoms with Crippen LogP contribution in [0.1, 0.15) is 39.7 Å². The van der Waals surface area contributed by atoms with Gasteiger partial charge in [0.05, 0.1) is 0 Å². The number of rotatable bonds is 3. The summed E-state index contributed by atoms with van der Waals surface area (Å²) in [7, 11) is 0. The quantitative estimate of drug-likeness (QED) is 0.681. The van der Waals surface area contributed by atoms with Crippen LogP contribution in [0.2, 0.25) is 5.02 Å². The first kappa shape index (κ1) is 11.6. The van der Waals surface area contributed by atoms with E-state index in [0.29, 0.717) is 0 Å². The van der Waals surface area contributed by atoms with Gasteiger partial charge in [0.1, 0.15) is 0 Å². The fourth-order valence-corrected chi connectivity index (χ4v) is 2.17. The van der Waals surface area contributed by atoms with Gasteiger partial charge in [-0.25, -0.2) is 0 Å². The standard InChI is InChI=1S/C13H19Cl/c1-10(2)9-13(3,4)11-5-7-12(14)8-6-11/h5-8,10H,9H2,1-4H3. The van der Waals surface area contributed by atoms with Gasteiger partial charge in [-0.15, -0.1) is 0 Å². The van der Waals surface area contributed by atoms with Gasteiger partial charge in [0.25, 0.3) is 0 Å². The number of hydrogen-bond acceptors (Lipinski definition) is 0. The van der Waals surface area contributed by atoms with Crippen LogP contribution in [0.15, 0.2) is 24.3 Å². The Morgan fingerprint density at radius 2 is 1.64 bits per heavy atom. The summed E-state index contributed by atoms with van der Waals surface area (Å²) < 4.78 is 0. The molecule has 1 rings (SSSR count). The minimum atomic E-state index is 0.249. The third-order valence-electron chi connectivity index (χ3n) is 2.54. The maximum absolute atomic E-state index is 5.87. The summed E-state index contributed by atoms with van der Waals surface area (Å²) in [5.74, 6) is 0.723. The highest BCUT2D eigenvalue weighted by Gasteiger charge is 2.21. The molecule has 0 saturated carbocycles. The fraction of sp³-hybridized carbons (Fsp3) is 0.538. The van der Waals surface area contributed by atoms with E-state index >= 15 is 0 Å². The minimum absolute atomic E-state index is 0.249. The molecule has 0 aliphatic carbocycles. The van der Waals surface area contributed by atoms with Gasteiger partial charge in [-0.2, -0.15) is 0 Å². The molecule has 0 amide bonds. The molecule has 0 unspecified atom stereocenters. The number of benzene rings is 1. The molecule has 1 aromatic carbocycles. The number of hydrogen-bond donors (Lipinski definition) is 0. The summed E-state index contributed by atoms with van der Waals surface area (Å²) in [6.45, 7) is 9.10. The van der Waals surface area contributed by atoms with Crippen molar-refractivity contribution in [2.45, 2.75) is 39.5 Å². The molecule has 0 fully saturated rings. The molecule has 0 atom stereocenters. The van der Waals surface area contributed by atoms with Crippen LogP contribution in [0.5, 0.6) is 0 Å². The predicted molar refractivity (Wildman–Crippen MR) is 63.9 cm³/mol. The molecule has 1 heteroatoms. The Bertz CT molecular complexity index is 283. The van der Waals surface area contributed by atoms with Crippen molar-refractivity contribution in [3.8, 4) is 0 Å². The molecule has 1 aromatic rings. The SMILES string of the molecule is CC(C)CC(C)(C)c1ccc(Cl)cc1. The first-order chi connectivity index (χ1) is 6.42. The van der Waals surface area contributed by atoms with Gasteiger partial charge in [-0.05, 0) is 35.4 Å². The average Bonchev–Trinajstić information content (AvgIpc) is 2.02. The predicted octanol–water partition coefficient (Wildman–Crippen LogP) is 4.66. The lowest BCUT2D eigenvalue weighted by molar-refractivity contribution is 0.400. The molecule has 0 saturated heterocycles. The van der Waals surface area contributed by atoms with E-state index in [2.05, 4.69) is 39.8 Å². The molecule has 0 heterocycles. The van der Waals surface area contributed by atoms with Crippen LogP contribution in [0.25, 0.3) is 0 Å². The van der Waals surface area contributed by atoms with Crippen LogP contribution >= 0.6 is 11.6 Å². The number of halogens is 1. The lowest BCUT2D eigenvalue weighted by Gasteiger charge is -2.27. The smallest absolute Gasteiger partial charge is 0.0406 e. The van der Waals surface area contributed by atoms with E-state index in [1.165, 1.54) is 12.0 Å². The van der Waals surface area contributed by atoms with Crippen molar-refractivity contribution in [3.63, 3.8) is 0 Å². The Kier molecular flexibility index (Phi) is 3.60. The lowest BCUT2D eigenvalue weighted by atomic mass is 9.78. The van der Waals surface area contributed by atoms with Crippen LogP contribution in [0.4, 0.5) is 0 Å². The summed E-state index contributed by atoms with van der Waals surface area (Å²) in [6.07, 6.45) is 1.20. The minimum Gasteiger partial charge on any atom is -0.0843 e. The summed E-state index contributed by atoms with van der Waals surface area (Å²) >= 11 is 5.87.